The number of thiophene rings is 1. The van der Waals surface area contributed by atoms with E-state index in [2.05, 4.69) is 15.5 Å². The summed E-state index contributed by atoms with van der Waals surface area (Å²) in [6.45, 7) is 2.09. The highest BCUT2D eigenvalue weighted by molar-refractivity contribution is 7.17. The molecule has 8 nitrogen and oxygen atoms in total. The van der Waals surface area contributed by atoms with Crippen LogP contribution in [0.15, 0.2) is 24.4 Å². The number of ether oxygens (including phenoxy) is 1. The topological polar surface area (TPSA) is 101 Å². The van der Waals surface area contributed by atoms with Gasteiger partial charge in [0.15, 0.2) is 5.78 Å². The number of Topliss-reactive ketones (excluding diaryl/α,β-unsaturated/α-hetero) is 1. The predicted molar refractivity (Wildman–Crippen MR) is 128 cm³/mol. The number of alkyl halides is 1. The van der Waals surface area contributed by atoms with Crippen molar-refractivity contribution < 1.29 is 19.1 Å². The highest BCUT2D eigenvalue weighted by Gasteiger charge is 2.53. The normalized spacial score (nSPS) is 25.9. The van der Waals surface area contributed by atoms with Gasteiger partial charge in [-0.2, -0.15) is 10.2 Å². The van der Waals surface area contributed by atoms with Crippen LogP contribution in [-0.4, -0.2) is 69.4 Å². The fraction of sp³-hybridized carbons (Fsp3) is 0.542. The van der Waals surface area contributed by atoms with Crippen molar-refractivity contribution in [3.8, 4) is 10.4 Å². The molecule has 3 fully saturated rings. The van der Waals surface area contributed by atoms with Crippen LogP contribution >= 0.6 is 22.9 Å². The Kier molecular flexibility index (Phi) is 6.68. The monoisotopic (exact) mass is 502 g/mol. The summed E-state index contributed by atoms with van der Waals surface area (Å²) in [6, 6.07) is 4.21. The van der Waals surface area contributed by atoms with Gasteiger partial charge in [0.25, 0.3) is 5.91 Å². The van der Waals surface area contributed by atoms with Gasteiger partial charge in [-0.15, -0.1) is 22.9 Å². The van der Waals surface area contributed by atoms with Crippen LogP contribution in [0.25, 0.3) is 10.4 Å². The van der Waals surface area contributed by atoms with Gasteiger partial charge in [0.1, 0.15) is 24.8 Å². The Labute approximate surface area is 207 Å². The number of rotatable bonds is 5. The van der Waals surface area contributed by atoms with E-state index in [-0.39, 0.29) is 36.7 Å². The van der Waals surface area contributed by atoms with Gasteiger partial charge in [-0.05, 0) is 43.9 Å². The van der Waals surface area contributed by atoms with Crippen LogP contribution in [-0.2, 0) is 14.3 Å². The first kappa shape index (κ1) is 23.4. The molecule has 2 amide bonds. The summed E-state index contributed by atoms with van der Waals surface area (Å²) in [4.78, 5) is 42.4. The predicted octanol–water partition coefficient (Wildman–Crippen LogP) is 2.98. The standard InChI is InChI=1S/C24H27ClN4O4S/c1-13-9-15(10-26-28-13)18-7-8-19(34-18)23(31)27-20(14-5-3-2-4-6-14)24(32)29-11-16(25)22-21(29)17(30)12-33-22/h7-10,14,16,20-22H,2-6,11-12H2,1H3,(H,27,31)/t16-,20?,21+,22+/m0/s1. The maximum Gasteiger partial charge on any atom is 0.262 e. The lowest BCUT2D eigenvalue weighted by Gasteiger charge is -2.34. The molecular formula is C24H27ClN4O4S. The fourth-order valence-electron chi connectivity index (χ4n) is 5.29. The Hall–Kier alpha value is -2.36. The molecule has 1 N–H and O–H groups in total. The summed E-state index contributed by atoms with van der Waals surface area (Å²) in [5.74, 6) is -0.615. The first-order chi connectivity index (χ1) is 16.4. The van der Waals surface area contributed by atoms with Gasteiger partial charge < -0.3 is 15.0 Å². The second-order valence-corrected chi connectivity index (χ2v) is 10.9. The summed E-state index contributed by atoms with van der Waals surface area (Å²) in [5, 5.41) is 10.6. The lowest BCUT2D eigenvalue weighted by molar-refractivity contribution is -0.139. The van der Waals surface area contributed by atoms with Crippen LogP contribution in [0.1, 0.15) is 47.5 Å². The molecule has 4 heterocycles. The highest BCUT2D eigenvalue weighted by Crippen LogP contribution is 2.34. The molecule has 2 saturated heterocycles. The summed E-state index contributed by atoms with van der Waals surface area (Å²) in [5.41, 5.74) is 1.69. The molecule has 3 aliphatic rings. The minimum absolute atomic E-state index is 0.0237. The number of amides is 2. The summed E-state index contributed by atoms with van der Waals surface area (Å²) < 4.78 is 5.54. The van der Waals surface area contributed by atoms with Crippen molar-refractivity contribution in [2.75, 3.05) is 13.2 Å². The molecule has 34 heavy (non-hydrogen) atoms. The minimum atomic E-state index is -0.695. The second-order valence-electron chi connectivity index (χ2n) is 9.29. The molecule has 1 saturated carbocycles. The number of hydrogen-bond acceptors (Lipinski definition) is 7. The third kappa shape index (κ3) is 4.48. The molecule has 2 aromatic heterocycles. The number of carbonyl (C=O) groups is 3. The number of halogens is 1. The van der Waals surface area contributed by atoms with Crippen molar-refractivity contribution in [1.29, 1.82) is 0 Å². The first-order valence-electron chi connectivity index (χ1n) is 11.7. The quantitative estimate of drug-likeness (QED) is 0.631. The van der Waals surface area contributed by atoms with Gasteiger partial charge >= 0.3 is 0 Å². The van der Waals surface area contributed by atoms with Crippen molar-refractivity contribution in [3.05, 3.63) is 35.0 Å². The van der Waals surface area contributed by atoms with Crippen LogP contribution in [0.4, 0.5) is 0 Å². The van der Waals surface area contributed by atoms with Crippen LogP contribution in [0, 0.1) is 12.8 Å². The van der Waals surface area contributed by atoms with Crippen LogP contribution < -0.4 is 5.32 Å². The maximum absolute atomic E-state index is 13.7. The molecule has 2 aromatic rings. The number of aryl methyl sites for hydroxylation is 1. The third-order valence-corrected chi connectivity index (χ3v) is 8.49. The Balaban J connectivity index is 1.37. The largest absolute Gasteiger partial charge is 0.366 e. The molecule has 180 valence electrons. The summed E-state index contributed by atoms with van der Waals surface area (Å²) in [7, 11) is 0. The molecular weight excluding hydrogens is 476 g/mol. The van der Waals surface area contributed by atoms with E-state index in [1.54, 1.807) is 17.2 Å². The summed E-state index contributed by atoms with van der Waals surface area (Å²) in [6.07, 6.45) is 6.10. The zero-order valence-corrected chi connectivity index (χ0v) is 20.5. The number of nitrogens with zero attached hydrogens (tertiary/aromatic N) is 3. The molecule has 0 aromatic carbocycles. The van der Waals surface area contributed by atoms with Crippen molar-refractivity contribution >= 4 is 40.5 Å². The average molecular weight is 503 g/mol. The molecule has 10 heteroatoms. The van der Waals surface area contributed by atoms with Crippen LogP contribution in [0.3, 0.4) is 0 Å². The molecule has 4 atom stereocenters. The van der Waals surface area contributed by atoms with Crippen LogP contribution in [0.5, 0.6) is 0 Å². The lowest BCUT2D eigenvalue weighted by atomic mass is 9.83. The Bertz CT molecular complexity index is 1100. The van der Waals surface area contributed by atoms with Gasteiger partial charge in [0.2, 0.25) is 5.91 Å². The van der Waals surface area contributed by atoms with Gasteiger partial charge in [-0.25, -0.2) is 0 Å². The first-order valence-corrected chi connectivity index (χ1v) is 13.0. The van der Waals surface area contributed by atoms with Crippen LogP contribution in [0.2, 0.25) is 0 Å². The molecule has 5 rings (SSSR count). The molecule has 0 spiro atoms. The zero-order chi connectivity index (χ0) is 23.8. The van der Waals surface area contributed by atoms with E-state index >= 15 is 0 Å². The van der Waals surface area contributed by atoms with Gasteiger partial charge in [-0.3, -0.25) is 14.4 Å². The molecule has 0 bridgehead atoms. The number of aromatic nitrogens is 2. The SMILES string of the molecule is Cc1cc(-c2ccc(C(=O)NC(C(=O)N3C[C@H](Cl)[C@H]4OCC(=O)[C@H]43)C3CCCCC3)s2)cnn1. The number of hydrogen-bond donors (Lipinski definition) is 1. The van der Waals surface area contributed by atoms with Crippen molar-refractivity contribution in [1.82, 2.24) is 20.4 Å². The molecule has 2 aliphatic heterocycles. The van der Waals surface area contributed by atoms with Crippen molar-refractivity contribution in [2.24, 2.45) is 5.92 Å². The zero-order valence-electron chi connectivity index (χ0n) is 18.9. The number of nitrogens with one attached hydrogen (secondary N) is 1. The van der Waals surface area contributed by atoms with Gasteiger partial charge in [0.05, 0.1) is 22.1 Å². The lowest BCUT2D eigenvalue weighted by Crippen LogP contribution is -2.55. The Morgan fingerprint density at radius 2 is 2.06 bits per heavy atom. The number of ketones is 1. The molecule has 1 aliphatic carbocycles. The van der Waals surface area contributed by atoms with E-state index in [1.165, 1.54) is 11.3 Å². The van der Waals surface area contributed by atoms with E-state index in [4.69, 9.17) is 16.3 Å². The second kappa shape index (κ2) is 9.71. The Morgan fingerprint density at radius 1 is 1.26 bits per heavy atom. The van der Waals surface area contributed by atoms with E-state index in [0.29, 0.717) is 4.88 Å². The van der Waals surface area contributed by atoms with Gasteiger partial charge in [0, 0.05) is 17.0 Å². The number of likely N-dealkylation sites (tertiary alicyclic amines) is 1. The van der Waals surface area contributed by atoms with Crippen molar-refractivity contribution in [2.45, 2.75) is 62.6 Å². The van der Waals surface area contributed by atoms with Gasteiger partial charge in [-0.1, -0.05) is 19.3 Å². The highest BCUT2D eigenvalue weighted by atomic mass is 35.5. The van der Waals surface area contributed by atoms with Crippen molar-refractivity contribution in [3.63, 3.8) is 0 Å². The fourth-order valence-corrected chi connectivity index (χ4v) is 6.54. The number of fused-ring (bicyclic) bond motifs is 1. The average Bonchev–Trinajstić information content (AvgIpc) is 3.56. The van der Waals surface area contributed by atoms with E-state index in [9.17, 15) is 14.4 Å². The van der Waals surface area contributed by atoms with E-state index in [0.717, 1.165) is 48.2 Å². The smallest absolute Gasteiger partial charge is 0.262 e. The van der Waals surface area contributed by atoms with E-state index < -0.39 is 23.6 Å². The molecule has 0 radical (unpaired) electrons. The Morgan fingerprint density at radius 3 is 2.82 bits per heavy atom. The molecule has 1 unspecified atom stereocenters. The summed E-state index contributed by atoms with van der Waals surface area (Å²) >= 11 is 7.77. The maximum atomic E-state index is 13.7. The third-order valence-electron chi connectivity index (χ3n) is 6.97. The number of carbonyl (C=O) groups excluding carboxylic acids is 3. The van der Waals surface area contributed by atoms with E-state index in [1.807, 2.05) is 19.1 Å². The minimum Gasteiger partial charge on any atom is -0.366 e.